The van der Waals surface area contributed by atoms with Crippen molar-refractivity contribution in [2.75, 3.05) is 19.6 Å². The molecule has 2 rings (SSSR count). The Labute approximate surface area is 136 Å². The molecule has 8 heteroatoms. The highest BCUT2D eigenvalue weighted by Gasteiger charge is 2.29. The number of piperazine rings is 1. The molecule has 1 aromatic carbocycles. The first-order valence-electron chi connectivity index (χ1n) is 5.60. The second-order valence-electron chi connectivity index (χ2n) is 4.29. The van der Waals surface area contributed by atoms with Gasteiger partial charge in [-0.25, -0.2) is 8.42 Å². The summed E-state index contributed by atoms with van der Waals surface area (Å²) in [5.74, 6) is 0. The van der Waals surface area contributed by atoms with Gasteiger partial charge in [-0.05, 0) is 41.1 Å². The maximum atomic E-state index is 12.5. The number of benzene rings is 1. The summed E-state index contributed by atoms with van der Waals surface area (Å²) in [5, 5.41) is 3.23. The first kappa shape index (κ1) is 17.4. The molecule has 0 saturated carbocycles. The quantitative estimate of drug-likeness (QED) is 0.779. The SMILES string of the molecule is C[C@H]1CN(S(=O)(=O)c2ccc(Br)cc2Br)CCN1.Cl. The van der Waals surface area contributed by atoms with E-state index in [4.69, 9.17) is 0 Å². The van der Waals surface area contributed by atoms with Gasteiger partial charge in [-0.2, -0.15) is 4.31 Å². The highest BCUT2D eigenvalue weighted by Crippen LogP contribution is 2.28. The Bertz CT molecular complexity index is 554. The van der Waals surface area contributed by atoms with Gasteiger partial charge in [-0.3, -0.25) is 0 Å². The smallest absolute Gasteiger partial charge is 0.244 e. The third kappa shape index (κ3) is 3.92. The van der Waals surface area contributed by atoms with Crippen molar-refractivity contribution in [3.63, 3.8) is 0 Å². The van der Waals surface area contributed by atoms with Crippen LogP contribution in [0.4, 0.5) is 0 Å². The highest BCUT2D eigenvalue weighted by molar-refractivity contribution is 9.11. The molecule has 4 nitrogen and oxygen atoms in total. The predicted octanol–water partition coefficient (Wildman–Crippen LogP) is 2.62. The molecule has 0 amide bonds. The lowest BCUT2D eigenvalue weighted by Crippen LogP contribution is -2.51. The molecular weight excluding hydrogens is 419 g/mol. The molecule has 1 aromatic rings. The average Bonchev–Trinajstić information content (AvgIpc) is 2.28. The average molecular weight is 435 g/mol. The molecule has 0 unspecified atom stereocenters. The summed E-state index contributed by atoms with van der Waals surface area (Å²) in [4.78, 5) is 0.319. The molecule has 1 N–H and O–H groups in total. The summed E-state index contributed by atoms with van der Waals surface area (Å²) in [6.07, 6.45) is 0. The fourth-order valence-electron chi connectivity index (χ4n) is 1.94. The van der Waals surface area contributed by atoms with Gasteiger partial charge in [0, 0.05) is 34.6 Å². The number of nitrogens with one attached hydrogen (secondary N) is 1. The van der Waals surface area contributed by atoms with Crippen LogP contribution in [0.2, 0.25) is 0 Å². The second kappa shape index (κ2) is 6.87. The van der Waals surface area contributed by atoms with Crippen molar-refractivity contribution in [2.24, 2.45) is 0 Å². The third-order valence-corrected chi connectivity index (χ3v) is 6.18. The zero-order valence-corrected chi connectivity index (χ0v) is 15.1. The van der Waals surface area contributed by atoms with E-state index in [9.17, 15) is 8.42 Å². The van der Waals surface area contributed by atoms with Crippen LogP contribution in [0.25, 0.3) is 0 Å². The van der Waals surface area contributed by atoms with E-state index in [0.717, 1.165) is 4.47 Å². The Kier molecular flexibility index (Phi) is 6.28. The Morgan fingerprint density at radius 2 is 2.05 bits per heavy atom. The van der Waals surface area contributed by atoms with E-state index < -0.39 is 10.0 Å². The van der Waals surface area contributed by atoms with Crippen molar-refractivity contribution in [1.29, 1.82) is 0 Å². The lowest BCUT2D eigenvalue weighted by Gasteiger charge is -2.31. The van der Waals surface area contributed by atoms with Crippen molar-refractivity contribution in [3.05, 3.63) is 27.1 Å². The number of rotatable bonds is 2. The van der Waals surface area contributed by atoms with Crippen molar-refractivity contribution >= 4 is 54.3 Å². The standard InChI is InChI=1S/C11H14Br2N2O2S.ClH/c1-8-7-15(5-4-14-8)18(16,17)11-3-2-9(12)6-10(11)13;/h2-3,6,8,14H,4-5,7H2,1H3;1H/t8-;/m0./s1. The first-order valence-corrected chi connectivity index (χ1v) is 8.62. The summed E-state index contributed by atoms with van der Waals surface area (Å²) in [6.45, 7) is 3.69. The van der Waals surface area contributed by atoms with Crippen LogP contribution in [0.1, 0.15) is 6.92 Å². The van der Waals surface area contributed by atoms with Crippen LogP contribution >= 0.6 is 44.3 Å². The number of nitrogens with zero attached hydrogens (tertiary/aromatic N) is 1. The molecule has 19 heavy (non-hydrogen) atoms. The normalized spacial score (nSPS) is 20.9. The Morgan fingerprint density at radius 3 is 2.63 bits per heavy atom. The van der Waals surface area contributed by atoms with Crippen LogP contribution in [0.15, 0.2) is 32.0 Å². The first-order chi connectivity index (χ1) is 8.41. The third-order valence-electron chi connectivity index (χ3n) is 2.84. The molecule has 1 heterocycles. The molecule has 0 spiro atoms. The molecular formula is C11H15Br2ClN2O2S. The monoisotopic (exact) mass is 432 g/mol. The van der Waals surface area contributed by atoms with Gasteiger partial charge in [-0.15, -0.1) is 12.4 Å². The summed E-state index contributed by atoms with van der Waals surface area (Å²) < 4.78 is 28.0. The zero-order valence-electron chi connectivity index (χ0n) is 10.3. The highest BCUT2D eigenvalue weighted by atomic mass is 79.9. The minimum atomic E-state index is -3.42. The predicted molar refractivity (Wildman–Crippen MR) is 85.3 cm³/mol. The van der Waals surface area contributed by atoms with Crippen molar-refractivity contribution in [2.45, 2.75) is 17.9 Å². The maximum Gasteiger partial charge on any atom is 0.244 e. The summed E-state index contributed by atoms with van der Waals surface area (Å²) in [6, 6.07) is 5.29. The number of hydrogen-bond donors (Lipinski definition) is 1. The van der Waals surface area contributed by atoms with Crippen LogP contribution in [-0.2, 0) is 10.0 Å². The molecule has 1 fully saturated rings. The van der Waals surface area contributed by atoms with Crippen LogP contribution < -0.4 is 5.32 Å². The van der Waals surface area contributed by atoms with Gasteiger partial charge in [-0.1, -0.05) is 15.9 Å². The topological polar surface area (TPSA) is 49.4 Å². The summed E-state index contributed by atoms with van der Waals surface area (Å²) in [7, 11) is -3.42. The minimum Gasteiger partial charge on any atom is -0.312 e. The van der Waals surface area contributed by atoms with E-state index in [0.29, 0.717) is 29.0 Å². The lowest BCUT2D eigenvalue weighted by molar-refractivity contribution is 0.310. The Balaban J connectivity index is 0.00000180. The van der Waals surface area contributed by atoms with Crippen LogP contribution in [0, 0.1) is 0 Å². The van der Waals surface area contributed by atoms with Gasteiger partial charge in [0.15, 0.2) is 0 Å². The van der Waals surface area contributed by atoms with E-state index in [2.05, 4.69) is 37.2 Å². The largest absolute Gasteiger partial charge is 0.312 e. The van der Waals surface area contributed by atoms with E-state index in [1.54, 1.807) is 18.2 Å². The lowest BCUT2D eigenvalue weighted by atomic mass is 10.3. The fourth-order valence-corrected chi connectivity index (χ4v) is 5.17. The molecule has 108 valence electrons. The van der Waals surface area contributed by atoms with Gasteiger partial charge >= 0.3 is 0 Å². The van der Waals surface area contributed by atoms with Gasteiger partial charge in [0.2, 0.25) is 10.0 Å². The van der Waals surface area contributed by atoms with Crippen molar-refractivity contribution < 1.29 is 8.42 Å². The minimum absolute atomic E-state index is 0. The van der Waals surface area contributed by atoms with E-state index in [1.807, 2.05) is 6.92 Å². The van der Waals surface area contributed by atoms with Crippen LogP contribution in [0.3, 0.4) is 0 Å². The molecule has 1 aliphatic heterocycles. The van der Waals surface area contributed by atoms with Gasteiger partial charge in [0.05, 0.1) is 4.90 Å². The zero-order chi connectivity index (χ0) is 13.3. The fraction of sp³-hybridized carbons (Fsp3) is 0.455. The molecule has 1 atom stereocenters. The molecule has 1 saturated heterocycles. The molecule has 0 radical (unpaired) electrons. The Hall–Kier alpha value is 0.340. The Morgan fingerprint density at radius 1 is 1.37 bits per heavy atom. The van der Waals surface area contributed by atoms with E-state index >= 15 is 0 Å². The number of halogens is 3. The van der Waals surface area contributed by atoms with E-state index in [-0.39, 0.29) is 18.4 Å². The molecule has 1 aliphatic rings. The molecule has 0 aromatic heterocycles. The molecule has 0 bridgehead atoms. The van der Waals surface area contributed by atoms with Gasteiger partial charge in [0.1, 0.15) is 0 Å². The van der Waals surface area contributed by atoms with Gasteiger partial charge < -0.3 is 5.32 Å². The maximum absolute atomic E-state index is 12.5. The van der Waals surface area contributed by atoms with Gasteiger partial charge in [0.25, 0.3) is 0 Å². The van der Waals surface area contributed by atoms with Crippen molar-refractivity contribution in [1.82, 2.24) is 9.62 Å². The number of sulfonamides is 1. The van der Waals surface area contributed by atoms with Crippen LogP contribution in [-0.4, -0.2) is 38.4 Å². The van der Waals surface area contributed by atoms with E-state index in [1.165, 1.54) is 4.31 Å². The second-order valence-corrected chi connectivity index (χ2v) is 7.97. The summed E-state index contributed by atoms with van der Waals surface area (Å²) in [5.41, 5.74) is 0. The summed E-state index contributed by atoms with van der Waals surface area (Å²) >= 11 is 6.63. The van der Waals surface area contributed by atoms with Crippen LogP contribution in [0.5, 0.6) is 0 Å². The van der Waals surface area contributed by atoms with Crippen molar-refractivity contribution in [3.8, 4) is 0 Å². The number of hydrogen-bond acceptors (Lipinski definition) is 3. The molecule has 0 aliphatic carbocycles.